The normalized spacial score (nSPS) is 19.0. The van der Waals surface area contributed by atoms with Gasteiger partial charge in [0.05, 0.1) is 16.6 Å². The predicted molar refractivity (Wildman–Crippen MR) is 84.7 cm³/mol. The molecule has 1 aliphatic heterocycles. The molecule has 1 heterocycles. The van der Waals surface area contributed by atoms with Gasteiger partial charge in [-0.1, -0.05) is 6.07 Å². The minimum absolute atomic E-state index is 0.0168. The molecule has 0 saturated carbocycles. The van der Waals surface area contributed by atoms with Crippen molar-refractivity contribution in [2.75, 3.05) is 13.2 Å². The SMILES string of the molecule is C[C@@H](OC(=O)c1cccc(S(=O)(=O)NCC2CCCO2)c1)C(N)=O. The third kappa shape index (κ3) is 4.76. The summed E-state index contributed by atoms with van der Waals surface area (Å²) in [6, 6.07) is 5.38. The van der Waals surface area contributed by atoms with Crippen LogP contribution in [0.1, 0.15) is 30.1 Å². The molecule has 1 fully saturated rings. The number of nitrogens with two attached hydrogens (primary N) is 1. The number of hydrogen-bond donors (Lipinski definition) is 2. The molecule has 0 spiro atoms. The second-order valence-corrected chi connectivity index (χ2v) is 7.23. The number of ether oxygens (including phenoxy) is 2. The molecule has 0 bridgehead atoms. The fraction of sp³-hybridized carbons (Fsp3) is 0.467. The molecule has 9 heteroatoms. The fourth-order valence-electron chi connectivity index (χ4n) is 2.17. The van der Waals surface area contributed by atoms with E-state index in [2.05, 4.69) is 4.72 Å². The molecule has 1 aromatic rings. The molecule has 24 heavy (non-hydrogen) atoms. The Labute approximate surface area is 140 Å². The van der Waals surface area contributed by atoms with Crippen LogP contribution in [0.3, 0.4) is 0 Å². The summed E-state index contributed by atoms with van der Waals surface area (Å²) < 4.78 is 37.3. The molecule has 1 saturated heterocycles. The number of carbonyl (C=O) groups excluding carboxylic acids is 2. The molecule has 2 atom stereocenters. The summed E-state index contributed by atoms with van der Waals surface area (Å²) in [6.07, 6.45) is 0.478. The lowest BCUT2D eigenvalue weighted by Crippen LogP contribution is -2.32. The van der Waals surface area contributed by atoms with E-state index in [4.69, 9.17) is 15.2 Å². The van der Waals surface area contributed by atoms with E-state index in [1.165, 1.54) is 31.2 Å². The van der Waals surface area contributed by atoms with Crippen molar-refractivity contribution in [1.29, 1.82) is 0 Å². The van der Waals surface area contributed by atoms with Gasteiger partial charge in [-0.15, -0.1) is 0 Å². The zero-order valence-corrected chi connectivity index (χ0v) is 14.0. The highest BCUT2D eigenvalue weighted by Gasteiger charge is 2.22. The van der Waals surface area contributed by atoms with Crippen molar-refractivity contribution in [3.8, 4) is 0 Å². The van der Waals surface area contributed by atoms with Crippen molar-refractivity contribution in [1.82, 2.24) is 4.72 Å². The van der Waals surface area contributed by atoms with Gasteiger partial charge in [0.25, 0.3) is 5.91 Å². The third-order valence-corrected chi connectivity index (χ3v) is 5.01. The van der Waals surface area contributed by atoms with E-state index in [9.17, 15) is 18.0 Å². The molecular formula is C15H20N2O6S. The number of hydrogen-bond acceptors (Lipinski definition) is 6. The van der Waals surface area contributed by atoms with E-state index in [0.717, 1.165) is 12.8 Å². The van der Waals surface area contributed by atoms with Crippen molar-refractivity contribution in [3.05, 3.63) is 29.8 Å². The van der Waals surface area contributed by atoms with E-state index >= 15 is 0 Å². The van der Waals surface area contributed by atoms with Gasteiger partial charge < -0.3 is 15.2 Å². The van der Waals surface area contributed by atoms with Crippen LogP contribution in [-0.4, -0.2) is 45.7 Å². The highest BCUT2D eigenvalue weighted by molar-refractivity contribution is 7.89. The van der Waals surface area contributed by atoms with Crippen LogP contribution in [0.2, 0.25) is 0 Å². The van der Waals surface area contributed by atoms with Crippen LogP contribution in [0, 0.1) is 0 Å². The molecule has 1 amide bonds. The van der Waals surface area contributed by atoms with Crippen LogP contribution in [0.4, 0.5) is 0 Å². The molecule has 0 aliphatic carbocycles. The molecular weight excluding hydrogens is 336 g/mol. The van der Waals surface area contributed by atoms with E-state index in [-0.39, 0.29) is 23.1 Å². The largest absolute Gasteiger partial charge is 0.449 e. The lowest BCUT2D eigenvalue weighted by atomic mass is 10.2. The third-order valence-electron chi connectivity index (χ3n) is 3.59. The minimum Gasteiger partial charge on any atom is -0.449 e. The maximum Gasteiger partial charge on any atom is 0.338 e. The van der Waals surface area contributed by atoms with Gasteiger partial charge in [-0.3, -0.25) is 4.79 Å². The Balaban J connectivity index is 2.07. The Morgan fingerprint density at radius 3 is 2.83 bits per heavy atom. The van der Waals surface area contributed by atoms with Crippen molar-refractivity contribution < 1.29 is 27.5 Å². The van der Waals surface area contributed by atoms with Gasteiger partial charge in [-0.05, 0) is 38.0 Å². The van der Waals surface area contributed by atoms with Crippen LogP contribution in [0.15, 0.2) is 29.2 Å². The van der Waals surface area contributed by atoms with Gasteiger partial charge in [0, 0.05) is 13.2 Å². The number of carbonyl (C=O) groups is 2. The van der Waals surface area contributed by atoms with Crippen molar-refractivity contribution in [2.45, 2.75) is 36.9 Å². The number of amides is 1. The van der Waals surface area contributed by atoms with Gasteiger partial charge >= 0.3 is 5.97 Å². The van der Waals surface area contributed by atoms with E-state index in [1.807, 2.05) is 0 Å². The van der Waals surface area contributed by atoms with E-state index in [0.29, 0.717) is 6.61 Å². The lowest BCUT2D eigenvalue weighted by Gasteiger charge is -2.13. The van der Waals surface area contributed by atoms with Crippen molar-refractivity contribution in [3.63, 3.8) is 0 Å². The smallest absolute Gasteiger partial charge is 0.338 e. The second-order valence-electron chi connectivity index (χ2n) is 5.46. The Morgan fingerprint density at radius 2 is 2.21 bits per heavy atom. The van der Waals surface area contributed by atoms with Crippen molar-refractivity contribution in [2.24, 2.45) is 5.73 Å². The van der Waals surface area contributed by atoms with Crippen LogP contribution in [-0.2, 0) is 24.3 Å². The highest BCUT2D eigenvalue weighted by atomic mass is 32.2. The molecule has 8 nitrogen and oxygen atoms in total. The highest BCUT2D eigenvalue weighted by Crippen LogP contribution is 2.15. The maximum atomic E-state index is 12.3. The summed E-state index contributed by atoms with van der Waals surface area (Å²) in [7, 11) is -3.78. The molecule has 2 rings (SSSR count). The topological polar surface area (TPSA) is 125 Å². The van der Waals surface area contributed by atoms with Crippen LogP contribution in [0.5, 0.6) is 0 Å². The number of nitrogens with one attached hydrogen (secondary N) is 1. The summed E-state index contributed by atoms with van der Waals surface area (Å²) in [5, 5.41) is 0. The minimum atomic E-state index is -3.78. The van der Waals surface area contributed by atoms with Gasteiger partial charge in [0.1, 0.15) is 0 Å². The maximum absolute atomic E-state index is 12.3. The first-order valence-electron chi connectivity index (χ1n) is 7.51. The standard InChI is InChI=1S/C15H20N2O6S/c1-10(14(16)18)23-15(19)11-4-2-6-13(8-11)24(20,21)17-9-12-5-3-7-22-12/h2,4,6,8,10,12,17H,3,5,7,9H2,1H3,(H2,16,18)/t10-,12?/m1/s1. The number of sulfonamides is 1. The van der Waals surface area contributed by atoms with Crippen LogP contribution < -0.4 is 10.5 Å². The second kappa shape index (κ2) is 7.73. The molecule has 0 radical (unpaired) electrons. The van der Waals surface area contributed by atoms with Gasteiger partial charge in [0.15, 0.2) is 6.10 Å². The summed E-state index contributed by atoms with van der Waals surface area (Å²) in [5.41, 5.74) is 5.04. The summed E-state index contributed by atoms with van der Waals surface area (Å²) in [6.45, 7) is 2.14. The monoisotopic (exact) mass is 356 g/mol. The summed E-state index contributed by atoms with van der Waals surface area (Å²) in [5.74, 6) is -1.61. The predicted octanol–water partition coefficient (Wildman–Crippen LogP) is 0.175. The summed E-state index contributed by atoms with van der Waals surface area (Å²) in [4.78, 5) is 22.8. The molecule has 1 unspecified atom stereocenters. The van der Waals surface area contributed by atoms with Gasteiger partial charge in [-0.25, -0.2) is 17.9 Å². The fourth-order valence-corrected chi connectivity index (χ4v) is 3.28. The first-order valence-corrected chi connectivity index (χ1v) is 8.99. The first-order chi connectivity index (χ1) is 11.3. The summed E-state index contributed by atoms with van der Waals surface area (Å²) >= 11 is 0. The van der Waals surface area contributed by atoms with Crippen molar-refractivity contribution >= 4 is 21.9 Å². The van der Waals surface area contributed by atoms with Gasteiger partial charge in [-0.2, -0.15) is 0 Å². The van der Waals surface area contributed by atoms with E-state index < -0.39 is 28.0 Å². The van der Waals surface area contributed by atoms with E-state index in [1.54, 1.807) is 0 Å². The average molecular weight is 356 g/mol. The quantitative estimate of drug-likeness (QED) is 0.671. The number of esters is 1. The molecule has 0 aromatic heterocycles. The number of primary amides is 1. The first kappa shape index (κ1) is 18.4. The molecule has 3 N–H and O–H groups in total. The number of rotatable bonds is 7. The number of benzene rings is 1. The Bertz CT molecular complexity index is 712. The zero-order chi connectivity index (χ0) is 17.7. The van der Waals surface area contributed by atoms with Crippen LogP contribution in [0.25, 0.3) is 0 Å². The average Bonchev–Trinajstić information content (AvgIpc) is 3.06. The lowest BCUT2D eigenvalue weighted by molar-refractivity contribution is -0.125. The Kier molecular flexibility index (Phi) is 5.92. The molecule has 1 aliphatic rings. The Hall–Kier alpha value is -1.97. The van der Waals surface area contributed by atoms with Crippen LogP contribution >= 0.6 is 0 Å². The molecule has 1 aromatic carbocycles. The Morgan fingerprint density at radius 1 is 1.46 bits per heavy atom. The molecule has 132 valence electrons. The zero-order valence-electron chi connectivity index (χ0n) is 13.2. The van der Waals surface area contributed by atoms with Gasteiger partial charge in [0.2, 0.25) is 10.0 Å².